The highest BCUT2D eigenvalue weighted by Gasteiger charge is 2.31. The van der Waals surface area contributed by atoms with Crippen molar-refractivity contribution >= 4 is 0 Å². The Hall–Kier alpha value is -2.34. The van der Waals surface area contributed by atoms with Crippen molar-refractivity contribution in [2.24, 2.45) is 0 Å². The third-order valence-corrected chi connectivity index (χ3v) is 3.90. The highest BCUT2D eigenvalue weighted by Crippen LogP contribution is 2.48. The molecule has 0 aromatic heterocycles. The van der Waals surface area contributed by atoms with Gasteiger partial charge in [0, 0.05) is 0 Å². The third kappa shape index (κ3) is 1.53. The van der Waals surface area contributed by atoms with Crippen LogP contribution in [0, 0.1) is 0 Å². The van der Waals surface area contributed by atoms with E-state index in [0.717, 1.165) is 6.42 Å². The Kier molecular flexibility index (Phi) is 2.28. The molecule has 0 aromatic carbocycles. The minimum atomic E-state index is 1.05. The minimum Gasteiger partial charge on any atom is -0.0716 e. The van der Waals surface area contributed by atoms with E-state index in [4.69, 9.17) is 0 Å². The van der Waals surface area contributed by atoms with Crippen molar-refractivity contribution in [1.29, 1.82) is 0 Å². The highest BCUT2D eigenvalue weighted by molar-refractivity contribution is 5.81. The van der Waals surface area contributed by atoms with Gasteiger partial charge in [0.2, 0.25) is 0 Å². The van der Waals surface area contributed by atoms with Crippen LogP contribution in [0.15, 0.2) is 106 Å². The van der Waals surface area contributed by atoms with Gasteiger partial charge in [-0.1, -0.05) is 72.9 Å². The number of rotatable bonds is 0. The quantitative estimate of drug-likeness (QED) is 0.579. The first-order chi connectivity index (χ1) is 9.45. The van der Waals surface area contributed by atoms with E-state index in [9.17, 15) is 0 Å². The summed E-state index contributed by atoms with van der Waals surface area (Å²) in [6, 6.07) is 0. The predicted octanol–water partition coefficient (Wildman–Crippen LogP) is 4.66. The van der Waals surface area contributed by atoms with Crippen LogP contribution in [0.1, 0.15) is 6.42 Å². The van der Waals surface area contributed by atoms with Gasteiger partial charge in [0.1, 0.15) is 0 Å². The normalized spacial score (nSPS) is 26.1. The molecule has 0 nitrogen and oxygen atoms in total. The molecule has 0 spiro atoms. The molecule has 0 fully saturated rings. The molecule has 0 unspecified atom stereocenters. The summed E-state index contributed by atoms with van der Waals surface area (Å²) in [4.78, 5) is 0. The first kappa shape index (κ1) is 10.6. The lowest BCUT2D eigenvalue weighted by Crippen LogP contribution is -1.89. The van der Waals surface area contributed by atoms with E-state index in [1.54, 1.807) is 0 Å². The Balaban J connectivity index is 2.00. The van der Waals surface area contributed by atoms with Crippen LogP contribution >= 0.6 is 0 Å². The smallest absolute Gasteiger partial charge is 0.00668 e. The van der Waals surface area contributed by atoms with Crippen molar-refractivity contribution in [2.45, 2.75) is 6.42 Å². The van der Waals surface area contributed by atoms with Crippen LogP contribution in [0.3, 0.4) is 0 Å². The highest BCUT2D eigenvalue weighted by atomic mass is 14.3. The number of allylic oxidation sites excluding steroid dienone is 18. The number of fused-ring (bicyclic) bond motifs is 2. The first-order valence-electron chi connectivity index (χ1n) is 6.71. The van der Waals surface area contributed by atoms with Crippen LogP contribution in [0.5, 0.6) is 0 Å². The van der Waals surface area contributed by atoms with E-state index in [1.807, 2.05) is 0 Å². The Labute approximate surface area is 113 Å². The van der Waals surface area contributed by atoms with Crippen molar-refractivity contribution in [3.8, 4) is 0 Å². The van der Waals surface area contributed by atoms with Crippen LogP contribution in [0.2, 0.25) is 0 Å². The van der Waals surface area contributed by atoms with Gasteiger partial charge in [-0.15, -0.1) is 0 Å². The molecule has 4 aliphatic carbocycles. The molecule has 0 heteroatoms. The van der Waals surface area contributed by atoms with Gasteiger partial charge in [-0.05, 0) is 39.9 Å². The predicted molar refractivity (Wildman–Crippen MR) is 80.5 cm³/mol. The molecule has 4 aliphatic rings. The summed E-state index contributed by atoms with van der Waals surface area (Å²) < 4.78 is 0. The molecule has 0 bridgehead atoms. The molecule has 0 amide bonds. The summed E-state index contributed by atoms with van der Waals surface area (Å²) in [6.07, 6.45) is 27.1. The largest absolute Gasteiger partial charge is 0.0716 e. The average Bonchev–Trinajstić information content (AvgIpc) is 2.84. The summed E-state index contributed by atoms with van der Waals surface area (Å²) in [5.41, 5.74) is 8.35. The Morgan fingerprint density at radius 3 is 2.16 bits per heavy atom. The van der Waals surface area contributed by atoms with Gasteiger partial charge in [0.15, 0.2) is 0 Å². The van der Waals surface area contributed by atoms with E-state index in [0.29, 0.717) is 0 Å². The maximum atomic E-state index is 2.36. The third-order valence-electron chi connectivity index (χ3n) is 3.90. The maximum Gasteiger partial charge on any atom is -0.00668 e. The van der Waals surface area contributed by atoms with Crippen LogP contribution in [0.25, 0.3) is 0 Å². The fraction of sp³-hybridized carbons (Fsp3) is 0.0526. The number of hydrogen-bond acceptors (Lipinski definition) is 0. The van der Waals surface area contributed by atoms with Gasteiger partial charge in [0.05, 0.1) is 0 Å². The molecule has 0 N–H and O–H groups in total. The van der Waals surface area contributed by atoms with Crippen molar-refractivity contribution in [2.75, 3.05) is 0 Å². The average molecular weight is 242 g/mol. The second-order valence-corrected chi connectivity index (χ2v) is 4.98. The summed E-state index contributed by atoms with van der Waals surface area (Å²) >= 11 is 0. The molecular formula is C19H14. The Morgan fingerprint density at radius 1 is 0.632 bits per heavy atom. The molecule has 19 heavy (non-hydrogen) atoms. The Bertz CT molecular complexity index is 720. The second-order valence-electron chi connectivity index (χ2n) is 4.98. The van der Waals surface area contributed by atoms with Crippen molar-refractivity contribution in [3.63, 3.8) is 0 Å². The molecule has 0 aliphatic heterocycles. The van der Waals surface area contributed by atoms with E-state index in [-0.39, 0.29) is 0 Å². The molecule has 0 heterocycles. The topological polar surface area (TPSA) is 0 Å². The standard InChI is InChI=1S/C19H14/c1-2-6-10-16-15(9-5-1)17-11-7-3-4-8-14-12-13-18(16)19(14)17/h1-11,13H,12H2/b2-1-,4-3?,5-1?,6-2?,7-3?,8-4?,9-5-,10-6?,11-7?,14-8?,15-9?,16-10?,17-11?. The second kappa shape index (κ2) is 4.10. The van der Waals surface area contributed by atoms with Crippen molar-refractivity contribution in [1.82, 2.24) is 0 Å². The van der Waals surface area contributed by atoms with Crippen molar-refractivity contribution in [3.05, 3.63) is 106 Å². The minimum absolute atomic E-state index is 1.05. The summed E-state index contributed by atoms with van der Waals surface area (Å²) in [6.45, 7) is 0. The summed E-state index contributed by atoms with van der Waals surface area (Å²) in [7, 11) is 0. The molecule has 0 atom stereocenters. The first-order valence-corrected chi connectivity index (χ1v) is 6.71. The molecule has 0 saturated heterocycles. The van der Waals surface area contributed by atoms with Crippen LogP contribution < -0.4 is 0 Å². The maximum absolute atomic E-state index is 2.36. The van der Waals surface area contributed by atoms with Crippen LogP contribution in [-0.2, 0) is 0 Å². The fourth-order valence-corrected chi connectivity index (χ4v) is 3.08. The SMILES string of the molecule is C1=CC=C2C3=C(C=C/C=C\C=C/3)C3=CCC(=C32)C=C1. The van der Waals surface area contributed by atoms with Crippen molar-refractivity contribution < 1.29 is 0 Å². The van der Waals surface area contributed by atoms with E-state index in [2.05, 4.69) is 72.9 Å². The summed E-state index contributed by atoms with van der Waals surface area (Å²) in [5.74, 6) is 0. The zero-order valence-corrected chi connectivity index (χ0v) is 10.6. The van der Waals surface area contributed by atoms with Crippen LogP contribution in [0.4, 0.5) is 0 Å². The molecule has 4 rings (SSSR count). The lowest BCUT2D eigenvalue weighted by atomic mass is 9.97. The van der Waals surface area contributed by atoms with Gasteiger partial charge < -0.3 is 0 Å². The van der Waals surface area contributed by atoms with Gasteiger partial charge >= 0.3 is 0 Å². The number of hydrogen-bond donors (Lipinski definition) is 0. The fourth-order valence-electron chi connectivity index (χ4n) is 3.08. The molecule has 0 aromatic rings. The van der Waals surface area contributed by atoms with E-state index >= 15 is 0 Å². The monoisotopic (exact) mass is 242 g/mol. The van der Waals surface area contributed by atoms with Crippen LogP contribution in [-0.4, -0.2) is 0 Å². The van der Waals surface area contributed by atoms with Gasteiger partial charge in [-0.2, -0.15) is 0 Å². The summed E-state index contributed by atoms with van der Waals surface area (Å²) in [5, 5.41) is 0. The zero-order valence-electron chi connectivity index (χ0n) is 10.6. The molecule has 0 radical (unpaired) electrons. The van der Waals surface area contributed by atoms with Gasteiger partial charge in [-0.3, -0.25) is 0 Å². The van der Waals surface area contributed by atoms with Gasteiger partial charge in [-0.25, -0.2) is 0 Å². The lowest BCUT2D eigenvalue weighted by Gasteiger charge is -2.06. The van der Waals surface area contributed by atoms with E-state index < -0.39 is 0 Å². The van der Waals surface area contributed by atoms with E-state index in [1.165, 1.54) is 33.4 Å². The lowest BCUT2D eigenvalue weighted by molar-refractivity contribution is 1.30. The molecule has 90 valence electrons. The zero-order chi connectivity index (χ0) is 12.7. The molecule has 0 saturated carbocycles. The Morgan fingerprint density at radius 2 is 1.32 bits per heavy atom. The van der Waals surface area contributed by atoms with Gasteiger partial charge in [0.25, 0.3) is 0 Å². The molecular weight excluding hydrogens is 228 g/mol.